The Morgan fingerprint density at radius 3 is 1.00 bits per heavy atom. The van der Waals surface area contributed by atoms with Crippen LogP contribution in [0.15, 0.2) is 24.3 Å². The Labute approximate surface area is 266 Å². The van der Waals surface area contributed by atoms with E-state index in [-0.39, 0.29) is 12.8 Å². The molecule has 6 nitrogen and oxygen atoms in total. The van der Waals surface area contributed by atoms with Crippen LogP contribution in [-0.2, 0) is 19.8 Å². The summed E-state index contributed by atoms with van der Waals surface area (Å²) < 4.78 is 24.3. The number of imide groups is 1. The molecule has 0 fully saturated rings. The molecule has 0 aromatic rings. The van der Waals surface area contributed by atoms with E-state index in [1.165, 1.54) is 89.9 Å². The molecule has 252 valence electrons. The molecule has 0 rings (SSSR count). The van der Waals surface area contributed by atoms with Crippen molar-refractivity contribution in [3.63, 3.8) is 0 Å². The second-order valence-electron chi connectivity index (χ2n) is 12.3. The van der Waals surface area contributed by atoms with Gasteiger partial charge < -0.3 is 0 Å². The van der Waals surface area contributed by atoms with Gasteiger partial charge in [0.25, 0.3) is 0 Å². The molecule has 0 aromatic heterocycles. The molecule has 0 atom stereocenters. The smallest absolute Gasteiger partial charge is 0.273 e. The van der Waals surface area contributed by atoms with Crippen molar-refractivity contribution in [1.29, 1.82) is 0 Å². The summed E-state index contributed by atoms with van der Waals surface area (Å²) in [7, 11) is -4.39. The summed E-state index contributed by atoms with van der Waals surface area (Å²) in [4.78, 5) is 25.1. The lowest BCUT2D eigenvalue weighted by molar-refractivity contribution is -0.138. The highest BCUT2D eigenvalue weighted by Crippen LogP contribution is 2.14. The van der Waals surface area contributed by atoms with Crippen LogP contribution in [0.1, 0.15) is 194 Å². The number of hydrogen-bond acceptors (Lipinski definition) is 4. The fourth-order valence-corrected chi connectivity index (χ4v) is 6.07. The van der Waals surface area contributed by atoms with Crippen molar-refractivity contribution < 1.29 is 18.0 Å². The van der Waals surface area contributed by atoms with E-state index in [1.54, 1.807) is 0 Å². The lowest BCUT2D eigenvalue weighted by atomic mass is 10.1. The molecule has 0 bridgehead atoms. The average molecular weight is 625 g/mol. The number of allylic oxidation sites excluding steroid dienone is 4. The molecule has 0 aliphatic rings. The number of unbranched alkanes of at least 4 members (excludes halogenated alkanes) is 22. The second-order valence-corrected chi connectivity index (χ2v) is 13.7. The van der Waals surface area contributed by atoms with Crippen molar-refractivity contribution in [2.24, 2.45) is 5.14 Å². The lowest BCUT2D eigenvalue weighted by Crippen LogP contribution is -2.45. The Morgan fingerprint density at radius 2 is 0.721 bits per heavy atom. The van der Waals surface area contributed by atoms with Crippen LogP contribution >= 0.6 is 0 Å². The van der Waals surface area contributed by atoms with Crippen LogP contribution in [0, 0.1) is 0 Å². The number of nitrogens with two attached hydrogens (primary N) is 1. The third-order valence-electron chi connectivity index (χ3n) is 8.01. The average Bonchev–Trinajstić information content (AvgIpc) is 2.96. The number of amides is 2. The summed E-state index contributed by atoms with van der Waals surface area (Å²) in [5.74, 6) is -1.39. The Kier molecular flexibility index (Phi) is 29.5. The summed E-state index contributed by atoms with van der Waals surface area (Å²) in [5, 5.41) is 5.24. The molecule has 0 aromatic carbocycles. The third kappa shape index (κ3) is 27.8. The number of carbonyl (C=O) groups is 2. The normalized spacial score (nSPS) is 12.1. The predicted molar refractivity (Wildman–Crippen MR) is 184 cm³/mol. The van der Waals surface area contributed by atoms with E-state index in [1.807, 2.05) is 0 Å². The summed E-state index contributed by atoms with van der Waals surface area (Å²) in [6.45, 7) is 4.49. The maximum Gasteiger partial charge on any atom is 0.307 e. The van der Waals surface area contributed by atoms with Crippen molar-refractivity contribution in [1.82, 2.24) is 4.31 Å². The van der Waals surface area contributed by atoms with Gasteiger partial charge in [0.15, 0.2) is 0 Å². The van der Waals surface area contributed by atoms with Gasteiger partial charge in [0.1, 0.15) is 0 Å². The van der Waals surface area contributed by atoms with Gasteiger partial charge in [-0.3, -0.25) is 9.59 Å². The molecule has 0 radical (unpaired) electrons. The second kappa shape index (κ2) is 30.6. The molecule has 0 saturated heterocycles. The van der Waals surface area contributed by atoms with Crippen LogP contribution in [0.4, 0.5) is 0 Å². The van der Waals surface area contributed by atoms with Crippen LogP contribution in [0.3, 0.4) is 0 Å². The fraction of sp³-hybridized carbons (Fsp3) is 0.833. The predicted octanol–water partition coefficient (Wildman–Crippen LogP) is 10.6. The van der Waals surface area contributed by atoms with E-state index in [0.29, 0.717) is 17.1 Å². The van der Waals surface area contributed by atoms with Crippen molar-refractivity contribution in [2.75, 3.05) is 0 Å². The van der Waals surface area contributed by atoms with Gasteiger partial charge in [0.05, 0.1) is 0 Å². The molecule has 0 spiro atoms. The van der Waals surface area contributed by atoms with Crippen LogP contribution < -0.4 is 5.14 Å². The van der Waals surface area contributed by atoms with Gasteiger partial charge in [0, 0.05) is 12.8 Å². The lowest BCUT2D eigenvalue weighted by Gasteiger charge is -2.18. The zero-order valence-corrected chi connectivity index (χ0v) is 29.0. The Morgan fingerprint density at radius 1 is 0.465 bits per heavy atom. The molecule has 0 saturated carbocycles. The van der Waals surface area contributed by atoms with Crippen LogP contribution in [0.25, 0.3) is 0 Å². The number of nitrogens with zero attached hydrogens (tertiary/aromatic N) is 1. The standard InChI is InChI=1S/C36H68N2O4S/c1-3-5-7-9-11-13-15-17-19-21-23-25-27-29-31-33-35(39)38(43(37,41)42)36(40)34-32-30-28-26-24-22-20-18-16-14-12-10-8-6-4-2/h17-20H,3-16,21-34H2,1-2H3,(H2,37,41,42). The molecule has 7 heteroatoms. The van der Waals surface area contributed by atoms with E-state index in [0.717, 1.165) is 64.2 Å². The first kappa shape index (κ1) is 41.5. The molecule has 0 aliphatic carbocycles. The van der Waals surface area contributed by atoms with Crippen molar-refractivity contribution in [3.8, 4) is 0 Å². The minimum absolute atomic E-state index is 0.0344. The maximum absolute atomic E-state index is 12.6. The van der Waals surface area contributed by atoms with Gasteiger partial charge in [-0.2, -0.15) is 12.7 Å². The van der Waals surface area contributed by atoms with E-state index in [9.17, 15) is 18.0 Å². The van der Waals surface area contributed by atoms with E-state index in [4.69, 9.17) is 5.14 Å². The molecule has 0 heterocycles. The molecule has 2 N–H and O–H groups in total. The molecule has 0 aliphatic heterocycles. The van der Waals surface area contributed by atoms with E-state index >= 15 is 0 Å². The quantitative estimate of drug-likeness (QED) is 0.0613. The molecular formula is C36H68N2O4S. The maximum atomic E-state index is 12.6. The zero-order valence-electron chi connectivity index (χ0n) is 28.2. The van der Waals surface area contributed by atoms with Crippen molar-refractivity contribution in [3.05, 3.63) is 24.3 Å². The minimum atomic E-state index is -4.39. The highest BCUT2D eigenvalue weighted by Gasteiger charge is 2.29. The van der Waals surface area contributed by atoms with E-state index in [2.05, 4.69) is 38.2 Å². The molecular weight excluding hydrogens is 556 g/mol. The molecule has 0 unspecified atom stereocenters. The monoisotopic (exact) mass is 624 g/mol. The number of carbonyl (C=O) groups excluding carboxylic acids is 2. The SMILES string of the molecule is CCCCCCCCC=CCCCCCCCC(=O)N(C(=O)CCCCCCCC=CCCCCCCCC)S(N)(=O)=O. The van der Waals surface area contributed by atoms with Crippen LogP contribution in [0.2, 0.25) is 0 Å². The first-order chi connectivity index (χ1) is 20.8. The summed E-state index contributed by atoms with van der Waals surface area (Å²) in [5.41, 5.74) is 0. The Bertz CT molecular complexity index is 771. The molecule has 2 amide bonds. The number of rotatable bonds is 31. The van der Waals surface area contributed by atoms with Gasteiger partial charge in [-0.15, -0.1) is 0 Å². The summed E-state index contributed by atoms with van der Waals surface area (Å²) in [6, 6.07) is 0. The van der Waals surface area contributed by atoms with Crippen LogP contribution in [0.5, 0.6) is 0 Å². The van der Waals surface area contributed by atoms with Gasteiger partial charge in [0.2, 0.25) is 11.8 Å². The first-order valence-electron chi connectivity index (χ1n) is 18.0. The van der Waals surface area contributed by atoms with Gasteiger partial charge in [-0.05, 0) is 64.2 Å². The van der Waals surface area contributed by atoms with Gasteiger partial charge in [-0.25, -0.2) is 5.14 Å². The topological polar surface area (TPSA) is 97.5 Å². The summed E-state index contributed by atoms with van der Waals surface area (Å²) >= 11 is 0. The van der Waals surface area contributed by atoms with Gasteiger partial charge >= 0.3 is 10.2 Å². The fourth-order valence-electron chi connectivity index (χ4n) is 5.32. The van der Waals surface area contributed by atoms with Gasteiger partial charge in [-0.1, -0.05) is 141 Å². The van der Waals surface area contributed by atoms with E-state index < -0.39 is 22.0 Å². The van der Waals surface area contributed by atoms with Crippen molar-refractivity contribution >= 4 is 22.0 Å². The number of hydrogen-bond donors (Lipinski definition) is 1. The zero-order chi connectivity index (χ0) is 31.9. The third-order valence-corrected chi connectivity index (χ3v) is 8.93. The highest BCUT2D eigenvalue weighted by molar-refractivity contribution is 7.87. The molecule has 43 heavy (non-hydrogen) atoms. The summed E-state index contributed by atoms with van der Waals surface area (Å²) in [6.07, 6.45) is 38.9. The highest BCUT2D eigenvalue weighted by atomic mass is 32.2. The minimum Gasteiger partial charge on any atom is -0.273 e. The first-order valence-corrected chi connectivity index (χ1v) is 19.5. The Balaban J connectivity index is 3.90. The van der Waals surface area contributed by atoms with Crippen molar-refractivity contribution in [2.45, 2.75) is 194 Å². The Hall–Kier alpha value is -1.47. The van der Waals surface area contributed by atoms with Crippen LogP contribution in [-0.4, -0.2) is 24.5 Å². The largest absolute Gasteiger partial charge is 0.307 e.